The number of carbonyl (C=O) groups excluding carboxylic acids is 1. The largest absolute Gasteiger partial charge is 0.407 e. The highest BCUT2D eigenvalue weighted by atomic mass is 32.2. The fourth-order valence-electron chi connectivity index (χ4n) is 3.79. The first-order valence-corrected chi connectivity index (χ1v) is 13.4. The van der Waals surface area contributed by atoms with E-state index in [9.17, 15) is 44.8 Å². The van der Waals surface area contributed by atoms with Gasteiger partial charge in [0.2, 0.25) is 5.91 Å². The first-order valence-electron chi connectivity index (χ1n) is 11.5. The summed E-state index contributed by atoms with van der Waals surface area (Å²) in [5, 5.41) is 13.5. The Hall–Kier alpha value is -3.11. The molecule has 0 heterocycles. The fourth-order valence-corrected chi connectivity index (χ4v) is 4.42. The molecule has 1 saturated carbocycles. The van der Waals surface area contributed by atoms with E-state index in [-0.39, 0.29) is 23.3 Å². The predicted octanol–water partition coefficient (Wildman–Crippen LogP) is 5.08. The van der Waals surface area contributed by atoms with E-state index >= 15 is 0 Å². The molecule has 3 atom stereocenters. The van der Waals surface area contributed by atoms with Crippen molar-refractivity contribution >= 4 is 15.7 Å². The van der Waals surface area contributed by atoms with Gasteiger partial charge in [-0.2, -0.15) is 31.6 Å². The first-order chi connectivity index (χ1) is 17.4. The summed E-state index contributed by atoms with van der Waals surface area (Å²) in [5.74, 6) is -3.20. The molecule has 0 bridgehead atoms. The van der Waals surface area contributed by atoms with Gasteiger partial charge in [0.1, 0.15) is 11.6 Å². The summed E-state index contributed by atoms with van der Waals surface area (Å²) < 4.78 is 105. The van der Waals surface area contributed by atoms with Crippen molar-refractivity contribution in [1.29, 1.82) is 5.26 Å². The molecule has 2 aromatic rings. The second-order valence-corrected chi connectivity index (χ2v) is 11.5. The zero-order valence-corrected chi connectivity index (χ0v) is 21.1. The lowest BCUT2D eigenvalue weighted by Crippen LogP contribution is -2.52. The van der Waals surface area contributed by atoms with Crippen molar-refractivity contribution in [2.45, 2.75) is 61.1 Å². The summed E-state index contributed by atoms with van der Waals surface area (Å²) in [5.41, 5.74) is -0.615. The van der Waals surface area contributed by atoms with Crippen molar-refractivity contribution in [1.82, 2.24) is 10.6 Å². The monoisotopic (exact) mass is 561 g/mol. The van der Waals surface area contributed by atoms with Gasteiger partial charge in [0, 0.05) is 6.26 Å². The number of hydrogen-bond donors (Lipinski definition) is 2. The van der Waals surface area contributed by atoms with Crippen molar-refractivity contribution < 1.29 is 39.6 Å². The number of carbonyl (C=O) groups is 1. The molecule has 6 nitrogen and oxygen atoms in total. The topological polar surface area (TPSA) is 99.1 Å². The standard InChI is InChI=1S/C25H25F6N3O3S/c1-15(24(26,27)28)13-20(22(35)34-23(14-32)11-12-23)33-21(25(29,30)31)18-5-3-16(4-6-18)17-7-9-19(10-8-17)38(2,36)37/h3-10,15,20-21,33H,11-13H2,1-2H3,(H,34,35)/t15-,20?,21+/m1/s1. The number of amides is 1. The van der Waals surface area contributed by atoms with Crippen LogP contribution in [0.2, 0.25) is 0 Å². The van der Waals surface area contributed by atoms with Crippen LogP contribution in [-0.4, -0.2) is 44.5 Å². The average Bonchev–Trinajstić information content (AvgIpc) is 3.59. The number of sulfone groups is 1. The van der Waals surface area contributed by atoms with Crippen LogP contribution in [0, 0.1) is 17.2 Å². The maximum absolute atomic E-state index is 14.1. The number of alkyl halides is 6. The van der Waals surface area contributed by atoms with Crippen molar-refractivity contribution in [2.75, 3.05) is 6.26 Å². The van der Waals surface area contributed by atoms with E-state index < -0.39 is 58.1 Å². The Kier molecular flexibility index (Phi) is 8.19. The Morgan fingerprint density at radius 3 is 1.87 bits per heavy atom. The van der Waals surface area contributed by atoms with Gasteiger partial charge in [-0.15, -0.1) is 0 Å². The Balaban J connectivity index is 1.88. The fraction of sp³-hybridized carbons (Fsp3) is 0.440. The summed E-state index contributed by atoms with van der Waals surface area (Å²) >= 11 is 0. The Morgan fingerprint density at radius 1 is 0.974 bits per heavy atom. The maximum Gasteiger partial charge on any atom is 0.407 e. The van der Waals surface area contributed by atoms with E-state index in [1.165, 1.54) is 36.4 Å². The molecule has 1 fully saturated rings. The minimum absolute atomic E-state index is 0.0704. The molecule has 3 rings (SSSR count). The summed E-state index contributed by atoms with van der Waals surface area (Å²) in [7, 11) is -3.44. The molecule has 38 heavy (non-hydrogen) atoms. The van der Waals surface area contributed by atoms with E-state index in [0.717, 1.165) is 25.3 Å². The molecule has 0 saturated heterocycles. The van der Waals surface area contributed by atoms with Crippen LogP contribution in [0.25, 0.3) is 11.1 Å². The van der Waals surface area contributed by atoms with Gasteiger partial charge < -0.3 is 5.32 Å². The molecule has 0 aliphatic heterocycles. The number of nitriles is 1. The van der Waals surface area contributed by atoms with Crippen LogP contribution >= 0.6 is 0 Å². The third-order valence-corrected chi connectivity index (χ3v) is 7.47. The smallest absolute Gasteiger partial charge is 0.336 e. The number of benzene rings is 2. The first kappa shape index (κ1) is 29.4. The molecule has 0 aromatic heterocycles. The summed E-state index contributed by atoms with van der Waals surface area (Å²) in [6.45, 7) is 0.769. The third-order valence-electron chi connectivity index (χ3n) is 6.35. The van der Waals surface area contributed by atoms with Gasteiger partial charge >= 0.3 is 12.4 Å². The van der Waals surface area contributed by atoms with Crippen LogP contribution in [0.15, 0.2) is 53.4 Å². The third kappa shape index (κ3) is 7.26. The second kappa shape index (κ2) is 10.6. The molecule has 0 spiro atoms. The van der Waals surface area contributed by atoms with Gasteiger partial charge in [-0.05, 0) is 48.1 Å². The van der Waals surface area contributed by atoms with Gasteiger partial charge in [-0.25, -0.2) is 8.42 Å². The molecule has 2 N–H and O–H groups in total. The van der Waals surface area contributed by atoms with E-state index in [1.807, 2.05) is 6.07 Å². The van der Waals surface area contributed by atoms with Gasteiger partial charge in [-0.1, -0.05) is 43.3 Å². The molecule has 1 aliphatic rings. The Bertz CT molecular complexity index is 1300. The van der Waals surface area contributed by atoms with E-state index in [2.05, 4.69) is 10.6 Å². The van der Waals surface area contributed by atoms with Crippen molar-refractivity contribution in [3.8, 4) is 17.2 Å². The minimum atomic E-state index is -4.97. The van der Waals surface area contributed by atoms with Crippen LogP contribution in [0.5, 0.6) is 0 Å². The number of rotatable bonds is 9. The number of nitrogens with zero attached hydrogens (tertiary/aromatic N) is 1. The lowest BCUT2D eigenvalue weighted by Gasteiger charge is -2.30. The lowest BCUT2D eigenvalue weighted by molar-refractivity contribution is -0.177. The lowest BCUT2D eigenvalue weighted by atomic mass is 9.96. The van der Waals surface area contributed by atoms with Crippen LogP contribution in [-0.2, 0) is 14.6 Å². The van der Waals surface area contributed by atoms with Crippen molar-refractivity contribution in [2.24, 2.45) is 5.92 Å². The second-order valence-electron chi connectivity index (χ2n) is 9.47. The van der Waals surface area contributed by atoms with Crippen LogP contribution in [0.4, 0.5) is 26.3 Å². The van der Waals surface area contributed by atoms with E-state index in [4.69, 9.17) is 0 Å². The molecule has 0 radical (unpaired) electrons. The van der Waals surface area contributed by atoms with Gasteiger partial charge in [-0.3, -0.25) is 10.1 Å². The highest BCUT2D eigenvalue weighted by Gasteiger charge is 2.49. The van der Waals surface area contributed by atoms with Crippen molar-refractivity contribution in [3.05, 3.63) is 54.1 Å². The minimum Gasteiger partial charge on any atom is -0.336 e. The average molecular weight is 562 g/mol. The molecular formula is C25H25F6N3O3S. The van der Waals surface area contributed by atoms with Crippen LogP contribution in [0.3, 0.4) is 0 Å². The summed E-state index contributed by atoms with van der Waals surface area (Å²) in [6.07, 6.45) is -9.12. The quantitative estimate of drug-likeness (QED) is 0.416. The molecule has 1 amide bonds. The van der Waals surface area contributed by atoms with Gasteiger partial charge in [0.05, 0.1) is 22.9 Å². The predicted molar refractivity (Wildman–Crippen MR) is 126 cm³/mol. The molecule has 206 valence electrons. The molecule has 2 aromatic carbocycles. The molecule has 1 aliphatic carbocycles. The van der Waals surface area contributed by atoms with Crippen LogP contribution in [0.1, 0.15) is 37.8 Å². The highest BCUT2D eigenvalue weighted by molar-refractivity contribution is 7.90. The SMILES string of the molecule is C[C@H](CC(N[C@@H](c1ccc(-c2ccc(S(C)(=O)=O)cc2)cc1)C(F)(F)F)C(=O)NC1(C#N)CC1)C(F)(F)F. The number of hydrogen-bond acceptors (Lipinski definition) is 5. The van der Waals surface area contributed by atoms with Gasteiger partial charge in [0.25, 0.3) is 0 Å². The Labute approximate surface area is 215 Å². The van der Waals surface area contributed by atoms with Gasteiger partial charge in [0.15, 0.2) is 9.84 Å². The number of halogens is 6. The van der Waals surface area contributed by atoms with Crippen LogP contribution < -0.4 is 10.6 Å². The van der Waals surface area contributed by atoms with Crippen molar-refractivity contribution in [3.63, 3.8) is 0 Å². The number of nitrogens with one attached hydrogen (secondary N) is 2. The zero-order chi connectivity index (χ0) is 28.5. The maximum atomic E-state index is 14.1. The zero-order valence-electron chi connectivity index (χ0n) is 20.3. The summed E-state index contributed by atoms with van der Waals surface area (Å²) in [4.78, 5) is 12.8. The molecular weight excluding hydrogens is 536 g/mol. The molecule has 13 heteroatoms. The summed E-state index contributed by atoms with van der Waals surface area (Å²) in [6, 6.07) is 8.15. The molecule has 1 unspecified atom stereocenters. The normalized spacial score (nSPS) is 17.7. The van der Waals surface area contributed by atoms with E-state index in [0.29, 0.717) is 11.1 Å². The highest BCUT2D eigenvalue weighted by Crippen LogP contribution is 2.38. The van der Waals surface area contributed by atoms with E-state index in [1.54, 1.807) is 0 Å². The Morgan fingerprint density at radius 2 is 1.47 bits per heavy atom.